The van der Waals surface area contributed by atoms with E-state index in [-0.39, 0.29) is 0 Å². The molecule has 0 bridgehead atoms. The van der Waals surface area contributed by atoms with Crippen molar-refractivity contribution >= 4 is 6.41 Å². The van der Waals surface area contributed by atoms with Gasteiger partial charge in [-0.05, 0) is 45.2 Å². The minimum atomic E-state index is 0.455. The first-order chi connectivity index (χ1) is 11.2. The van der Waals surface area contributed by atoms with Crippen molar-refractivity contribution in [3.8, 4) is 0 Å². The van der Waals surface area contributed by atoms with E-state index in [4.69, 9.17) is 0 Å². The largest absolute Gasteiger partial charge is 0.341 e. The summed E-state index contributed by atoms with van der Waals surface area (Å²) in [7, 11) is 2.10. The van der Waals surface area contributed by atoms with Gasteiger partial charge in [-0.15, -0.1) is 0 Å². The van der Waals surface area contributed by atoms with Gasteiger partial charge in [0.15, 0.2) is 0 Å². The number of hydrogen-bond donors (Lipinski definition) is 0. The smallest absolute Gasteiger partial charge is 0.209 e. The van der Waals surface area contributed by atoms with Crippen LogP contribution in [0.4, 0.5) is 0 Å². The second kappa shape index (κ2) is 5.62. The summed E-state index contributed by atoms with van der Waals surface area (Å²) in [6.07, 6.45) is 11.2. The first-order valence-electron chi connectivity index (χ1n) is 9.09. The molecule has 1 aromatic rings. The number of carbonyl (C=O) groups is 1. The fourth-order valence-corrected chi connectivity index (χ4v) is 5.43. The van der Waals surface area contributed by atoms with Gasteiger partial charge >= 0.3 is 0 Å². The molecule has 1 aromatic heterocycles. The molecule has 0 radical (unpaired) electrons. The zero-order valence-corrected chi connectivity index (χ0v) is 14.3. The van der Waals surface area contributed by atoms with Crippen LogP contribution in [0.1, 0.15) is 50.8 Å². The molecule has 2 saturated heterocycles. The van der Waals surface area contributed by atoms with Crippen LogP contribution in [-0.2, 0) is 11.8 Å². The summed E-state index contributed by atoms with van der Waals surface area (Å²) in [5.41, 5.74) is 0.455. The molecule has 5 heteroatoms. The molecule has 126 valence electrons. The number of carbonyl (C=O) groups excluding carboxylic acids is 1. The molecule has 1 aliphatic carbocycles. The quantitative estimate of drug-likeness (QED) is 0.798. The summed E-state index contributed by atoms with van der Waals surface area (Å²) in [5, 5.41) is 0. The summed E-state index contributed by atoms with van der Waals surface area (Å²) in [6.45, 7) is 5.61. The number of likely N-dealkylation sites (tertiary alicyclic amines) is 2. The van der Waals surface area contributed by atoms with Gasteiger partial charge in [0.25, 0.3) is 0 Å². The second-order valence-corrected chi connectivity index (χ2v) is 7.83. The second-order valence-electron chi connectivity index (χ2n) is 7.83. The number of hydrogen-bond acceptors (Lipinski definition) is 3. The lowest BCUT2D eigenvalue weighted by Crippen LogP contribution is -2.71. The lowest BCUT2D eigenvalue weighted by Gasteiger charge is -2.65. The lowest BCUT2D eigenvalue weighted by atomic mass is 9.55. The molecule has 1 unspecified atom stereocenters. The normalized spacial score (nSPS) is 35.1. The Hall–Kier alpha value is -1.36. The summed E-state index contributed by atoms with van der Waals surface area (Å²) >= 11 is 0. The Morgan fingerprint density at radius 1 is 1.35 bits per heavy atom. The molecule has 1 saturated carbocycles. The topological polar surface area (TPSA) is 41.4 Å². The molecule has 2 aliphatic heterocycles. The summed E-state index contributed by atoms with van der Waals surface area (Å²) in [6, 6.07) is 1.25. The molecule has 0 aromatic carbocycles. The monoisotopic (exact) mass is 316 g/mol. The van der Waals surface area contributed by atoms with Crippen LogP contribution in [0.5, 0.6) is 0 Å². The molecule has 3 aliphatic rings. The maximum atomic E-state index is 11.1. The van der Waals surface area contributed by atoms with Crippen LogP contribution < -0.4 is 0 Å². The van der Waals surface area contributed by atoms with Crippen molar-refractivity contribution < 1.29 is 4.79 Å². The van der Waals surface area contributed by atoms with Crippen molar-refractivity contribution in [2.24, 2.45) is 12.5 Å². The molecule has 3 heterocycles. The average molecular weight is 316 g/mol. The van der Waals surface area contributed by atoms with Crippen molar-refractivity contribution in [2.45, 2.75) is 57.0 Å². The Bertz CT molecular complexity index is 569. The fraction of sp³-hybridized carbons (Fsp3) is 0.778. The Balaban J connectivity index is 1.30. The van der Waals surface area contributed by atoms with Crippen LogP contribution in [0.3, 0.4) is 0 Å². The molecule has 0 N–H and O–H groups in total. The van der Waals surface area contributed by atoms with Crippen LogP contribution in [0.25, 0.3) is 0 Å². The first-order valence-corrected chi connectivity index (χ1v) is 9.09. The number of piperidine rings is 1. The van der Waals surface area contributed by atoms with Crippen LogP contribution in [0, 0.1) is 5.41 Å². The van der Waals surface area contributed by atoms with Crippen LogP contribution in [0.15, 0.2) is 12.4 Å². The van der Waals surface area contributed by atoms with Gasteiger partial charge in [0, 0.05) is 49.4 Å². The maximum absolute atomic E-state index is 11.1. The highest BCUT2D eigenvalue weighted by molar-refractivity contribution is 5.51. The Morgan fingerprint density at radius 2 is 2.09 bits per heavy atom. The highest BCUT2D eigenvalue weighted by Crippen LogP contribution is 2.55. The maximum Gasteiger partial charge on any atom is 0.209 e. The Kier molecular flexibility index (Phi) is 3.71. The number of aryl methyl sites for hydroxylation is 1. The molecule has 1 atom stereocenters. The first kappa shape index (κ1) is 15.2. The van der Waals surface area contributed by atoms with Crippen molar-refractivity contribution in [3.05, 3.63) is 18.2 Å². The van der Waals surface area contributed by atoms with E-state index < -0.39 is 0 Å². The molecule has 3 fully saturated rings. The molecular formula is C18H28N4O. The highest BCUT2D eigenvalue weighted by Gasteiger charge is 2.59. The predicted octanol–water partition coefficient (Wildman–Crippen LogP) is 2.00. The van der Waals surface area contributed by atoms with E-state index in [1.807, 2.05) is 11.1 Å². The zero-order valence-electron chi connectivity index (χ0n) is 14.3. The fourth-order valence-electron chi connectivity index (χ4n) is 5.43. The van der Waals surface area contributed by atoms with E-state index in [2.05, 4.69) is 34.6 Å². The molecule has 23 heavy (non-hydrogen) atoms. The van der Waals surface area contributed by atoms with Crippen molar-refractivity contribution in [1.29, 1.82) is 0 Å². The minimum Gasteiger partial charge on any atom is -0.341 e. The zero-order chi connectivity index (χ0) is 16.0. The van der Waals surface area contributed by atoms with Gasteiger partial charge in [0.1, 0.15) is 5.82 Å². The van der Waals surface area contributed by atoms with Gasteiger partial charge in [-0.3, -0.25) is 4.79 Å². The Labute approximate surface area is 138 Å². The highest BCUT2D eigenvalue weighted by atomic mass is 16.1. The van der Waals surface area contributed by atoms with E-state index in [1.165, 1.54) is 44.6 Å². The summed E-state index contributed by atoms with van der Waals surface area (Å²) in [5.74, 6) is 1.87. The molecule has 5 nitrogen and oxygen atoms in total. The van der Waals surface area contributed by atoms with Gasteiger partial charge in [0.05, 0.1) is 0 Å². The Morgan fingerprint density at radius 3 is 2.65 bits per heavy atom. The standard InChI is InChI=1S/C18H28N4O/c1-3-16-18(12-22(16)13-23)10-15(11-18)21-7-4-14(5-8-21)17-19-6-9-20(17)2/h6,9,13-16H,3-5,7-8,10-12H2,1-2H3. The van der Waals surface area contributed by atoms with Crippen molar-refractivity contribution in [3.63, 3.8) is 0 Å². The SMILES string of the molecule is CCC1N(C=O)CC12CC(N1CCC(c3nccn3C)CC1)C2. The van der Waals surface area contributed by atoms with Crippen molar-refractivity contribution in [1.82, 2.24) is 19.4 Å². The van der Waals surface area contributed by atoms with E-state index in [9.17, 15) is 4.79 Å². The van der Waals surface area contributed by atoms with Gasteiger partial charge in [-0.25, -0.2) is 4.98 Å². The van der Waals surface area contributed by atoms with Crippen LogP contribution in [0.2, 0.25) is 0 Å². The van der Waals surface area contributed by atoms with Crippen molar-refractivity contribution in [2.75, 3.05) is 19.6 Å². The van der Waals surface area contributed by atoms with Gasteiger partial charge < -0.3 is 14.4 Å². The summed E-state index contributed by atoms with van der Waals surface area (Å²) < 4.78 is 2.17. The molecule has 1 amide bonds. The number of nitrogens with zero attached hydrogens (tertiary/aromatic N) is 4. The number of rotatable bonds is 4. The van der Waals surface area contributed by atoms with Crippen LogP contribution in [-0.4, -0.2) is 57.5 Å². The average Bonchev–Trinajstić information content (AvgIpc) is 2.92. The van der Waals surface area contributed by atoms with Gasteiger partial charge in [0.2, 0.25) is 6.41 Å². The van der Waals surface area contributed by atoms with Gasteiger partial charge in [-0.1, -0.05) is 6.92 Å². The minimum absolute atomic E-state index is 0.455. The molecule has 1 spiro atoms. The molecular weight excluding hydrogens is 288 g/mol. The number of amides is 1. The number of imidazole rings is 1. The third kappa shape index (κ3) is 2.32. The third-order valence-electron chi connectivity index (χ3n) is 6.68. The van der Waals surface area contributed by atoms with Crippen LogP contribution >= 0.6 is 0 Å². The summed E-state index contributed by atoms with van der Waals surface area (Å²) in [4.78, 5) is 20.3. The van der Waals surface area contributed by atoms with E-state index in [0.717, 1.165) is 25.4 Å². The third-order valence-corrected chi connectivity index (χ3v) is 6.68. The predicted molar refractivity (Wildman–Crippen MR) is 89.1 cm³/mol. The van der Waals surface area contributed by atoms with E-state index >= 15 is 0 Å². The molecule has 4 rings (SSSR count). The lowest BCUT2D eigenvalue weighted by molar-refractivity contribution is -0.171. The van der Waals surface area contributed by atoms with E-state index in [1.54, 1.807) is 0 Å². The number of aromatic nitrogens is 2. The van der Waals surface area contributed by atoms with Gasteiger partial charge in [-0.2, -0.15) is 0 Å². The van der Waals surface area contributed by atoms with E-state index in [0.29, 0.717) is 17.4 Å².